The van der Waals surface area contributed by atoms with Crippen LogP contribution in [-0.2, 0) is 0 Å². The molecule has 0 heterocycles. The van der Waals surface area contributed by atoms with Gasteiger partial charge in [-0.25, -0.2) is 0 Å². The molecule has 3 heteroatoms. The van der Waals surface area contributed by atoms with Crippen LogP contribution < -0.4 is 5.32 Å². The first-order chi connectivity index (χ1) is 8.43. The molecule has 1 atom stereocenters. The first kappa shape index (κ1) is 14.2. The zero-order chi connectivity index (χ0) is 13.7. The molecule has 0 fully saturated rings. The molecule has 0 aliphatic rings. The number of nitriles is 1. The Kier molecular flexibility index (Phi) is 4.91. The van der Waals surface area contributed by atoms with Gasteiger partial charge < -0.3 is 5.32 Å². The maximum Gasteiger partial charge on any atom is 0.252 e. The Labute approximate surface area is 109 Å². The molecule has 1 aromatic rings. The number of nitrogens with one attached hydrogen (secondary N) is 1. The van der Waals surface area contributed by atoms with Crippen molar-refractivity contribution in [1.29, 1.82) is 5.26 Å². The summed E-state index contributed by atoms with van der Waals surface area (Å²) in [6.45, 7) is 8.05. The van der Waals surface area contributed by atoms with Gasteiger partial charge >= 0.3 is 0 Å². The summed E-state index contributed by atoms with van der Waals surface area (Å²) in [6, 6.07) is 7.28. The van der Waals surface area contributed by atoms with Crippen LogP contribution in [0.1, 0.15) is 41.8 Å². The summed E-state index contributed by atoms with van der Waals surface area (Å²) in [6.07, 6.45) is 0.674. The van der Waals surface area contributed by atoms with E-state index in [0.717, 1.165) is 11.1 Å². The average Bonchev–Trinajstić information content (AvgIpc) is 2.31. The lowest BCUT2D eigenvalue weighted by molar-refractivity contribution is 0.0942. The highest BCUT2D eigenvalue weighted by Crippen LogP contribution is 2.11. The molecule has 0 saturated carbocycles. The van der Waals surface area contributed by atoms with Crippen LogP contribution in [0.5, 0.6) is 0 Å². The van der Waals surface area contributed by atoms with Crippen molar-refractivity contribution in [1.82, 2.24) is 5.32 Å². The first-order valence-corrected chi connectivity index (χ1v) is 6.21. The minimum Gasteiger partial charge on any atom is -0.336 e. The van der Waals surface area contributed by atoms with Gasteiger partial charge in [0.1, 0.15) is 6.04 Å². The minimum absolute atomic E-state index is 0.176. The zero-order valence-electron chi connectivity index (χ0n) is 11.4. The molecule has 0 aliphatic carbocycles. The van der Waals surface area contributed by atoms with E-state index in [1.807, 2.05) is 39.8 Å². The summed E-state index contributed by atoms with van der Waals surface area (Å²) in [5.41, 5.74) is 2.85. The summed E-state index contributed by atoms with van der Waals surface area (Å²) in [5, 5.41) is 11.8. The molecule has 1 rings (SSSR count). The quantitative estimate of drug-likeness (QED) is 0.885. The third kappa shape index (κ3) is 3.89. The number of aryl methyl sites for hydroxylation is 2. The number of hydrogen-bond acceptors (Lipinski definition) is 2. The van der Waals surface area contributed by atoms with Crippen molar-refractivity contribution in [2.45, 2.75) is 40.2 Å². The van der Waals surface area contributed by atoms with Gasteiger partial charge in [-0.1, -0.05) is 19.9 Å². The number of rotatable bonds is 4. The molecular formula is C15H20N2O. The highest BCUT2D eigenvalue weighted by Gasteiger charge is 2.14. The van der Waals surface area contributed by atoms with E-state index in [4.69, 9.17) is 5.26 Å². The minimum atomic E-state index is -0.417. The lowest BCUT2D eigenvalue weighted by atomic mass is 10.0. The lowest BCUT2D eigenvalue weighted by Crippen LogP contribution is -2.34. The Morgan fingerprint density at radius 3 is 2.50 bits per heavy atom. The Morgan fingerprint density at radius 1 is 1.33 bits per heavy atom. The monoisotopic (exact) mass is 244 g/mol. The largest absolute Gasteiger partial charge is 0.336 e. The number of benzene rings is 1. The average molecular weight is 244 g/mol. The summed E-state index contributed by atoms with van der Waals surface area (Å²) >= 11 is 0. The van der Waals surface area contributed by atoms with E-state index in [1.165, 1.54) is 0 Å². The highest BCUT2D eigenvalue weighted by atomic mass is 16.1. The van der Waals surface area contributed by atoms with Gasteiger partial charge in [0.05, 0.1) is 6.07 Å². The van der Waals surface area contributed by atoms with Crippen molar-refractivity contribution in [2.75, 3.05) is 0 Å². The summed E-state index contributed by atoms with van der Waals surface area (Å²) in [7, 11) is 0. The van der Waals surface area contributed by atoms with Crippen molar-refractivity contribution in [3.05, 3.63) is 34.9 Å². The van der Waals surface area contributed by atoms with Crippen LogP contribution >= 0.6 is 0 Å². The molecule has 1 N–H and O–H groups in total. The van der Waals surface area contributed by atoms with Crippen molar-refractivity contribution in [3.8, 4) is 6.07 Å². The van der Waals surface area contributed by atoms with Gasteiger partial charge in [-0.3, -0.25) is 4.79 Å². The fourth-order valence-electron chi connectivity index (χ4n) is 1.74. The van der Waals surface area contributed by atoms with Gasteiger partial charge in [0.25, 0.3) is 5.91 Å². The predicted octanol–water partition coefficient (Wildman–Crippen LogP) is 2.97. The normalized spacial score (nSPS) is 12.0. The maximum atomic E-state index is 12.0. The van der Waals surface area contributed by atoms with Crippen LogP contribution in [0.3, 0.4) is 0 Å². The Hall–Kier alpha value is -1.82. The first-order valence-electron chi connectivity index (χ1n) is 6.21. The smallest absolute Gasteiger partial charge is 0.252 e. The number of nitrogens with zero attached hydrogens (tertiary/aromatic N) is 1. The van der Waals surface area contributed by atoms with Gasteiger partial charge in [-0.05, 0) is 49.4 Å². The Morgan fingerprint density at radius 2 is 2.00 bits per heavy atom. The number of carbonyl (C=O) groups is 1. The molecule has 0 aromatic heterocycles. The van der Waals surface area contributed by atoms with Crippen molar-refractivity contribution in [3.63, 3.8) is 0 Å². The van der Waals surface area contributed by atoms with E-state index in [9.17, 15) is 4.79 Å². The standard InChI is InChI=1S/C15H20N2O/c1-10(2)7-14(9-16)17-15(18)13-6-5-11(3)12(4)8-13/h5-6,8,10,14H,7H2,1-4H3,(H,17,18). The van der Waals surface area contributed by atoms with Gasteiger partial charge in [0.15, 0.2) is 0 Å². The van der Waals surface area contributed by atoms with Crippen molar-refractivity contribution < 1.29 is 4.79 Å². The van der Waals surface area contributed by atoms with E-state index in [1.54, 1.807) is 6.07 Å². The van der Waals surface area contributed by atoms with E-state index < -0.39 is 6.04 Å². The fourth-order valence-corrected chi connectivity index (χ4v) is 1.74. The van der Waals surface area contributed by atoms with Crippen LogP contribution in [0.25, 0.3) is 0 Å². The molecule has 0 spiro atoms. The van der Waals surface area contributed by atoms with Crippen LogP contribution in [0.15, 0.2) is 18.2 Å². The lowest BCUT2D eigenvalue weighted by Gasteiger charge is -2.14. The number of amides is 1. The molecule has 1 unspecified atom stereocenters. The molecule has 0 aliphatic heterocycles. The van der Waals surface area contributed by atoms with E-state index in [0.29, 0.717) is 17.9 Å². The summed E-state index contributed by atoms with van der Waals surface area (Å²) in [4.78, 5) is 12.0. The Balaban J connectivity index is 2.75. The van der Waals surface area contributed by atoms with Gasteiger partial charge in [0, 0.05) is 5.56 Å². The molecule has 0 saturated heterocycles. The maximum absolute atomic E-state index is 12.0. The SMILES string of the molecule is Cc1ccc(C(=O)NC(C#N)CC(C)C)cc1C. The van der Waals surface area contributed by atoms with E-state index >= 15 is 0 Å². The van der Waals surface area contributed by atoms with E-state index in [2.05, 4.69) is 11.4 Å². The van der Waals surface area contributed by atoms with Crippen LogP contribution in [0, 0.1) is 31.1 Å². The van der Waals surface area contributed by atoms with Crippen molar-refractivity contribution >= 4 is 5.91 Å². The summed E-state index contributed by atoms with van der Waals surface area (Å²) in [5.74, 6) is 0.208. The van der Waals surface area contributed by atoms with Crippen LogP contribution in [-0.4, -0.2) is 11.9 Å². The third-order valence-corrected chi connectivity index (χ3v) is 2.94. The van der Waals surface area contributed by atoms with Gasteiger partial charge in [-0.15, -0.1) is 0 Å². The topological polar surface area (TPSA) is 52.9 Å². The predicted molar refractivity (Wildman–Crippen MR) is 72.2 cm³/mol. The molecule has 0 bridgehead atoms. The second kappa shape index (κ2) is 6.20. The van der Waals surface area contributed by atoms with Gasteiger partial charge in [0.2, 0.25) is 0 Å². The highest BCUT2D eigenvalue weighted by molar-refractivity contribution is 5.94. The van der Waals surface area contributed by atoms with E-state index in [-0.39, 0.29) is 5.91 Å². The van der Waals surface area contributed by atoms with Crippen LogP contribution in [0.4, 0.5) is 0 Å². The Bertz CT molecular complexity index is 472. The fraction of sp³-hybridized carbons (Fsp3) is 0.467. The zero-order valence-corrected chi connectivity index (χ0v) is 11.4. The molecule has 3 nitrogen and oxygen atoms in total. The van der Waals surface area contributed by atoms with Crippen molar-refractivity contribution in [2.24, 2.45) is 5.92 Å². The molecule has 96 valence electrons. The third-order valence-electron chi connectivity index (χ3n) is 2.94. The number of carbonyl (C=O) groups excluding carboxylic acids is 1. The molecule has 0 radical (unpaired) electrons. The summed E-state index contributed by atoms with van der Waals surface area (Å²) < 4.78 is 0. The molecule has 1 amide bonds. The number of hydrogen-bond donors (Lipinski definition) is 1. The second-order valence-electron chi connectivity index (χ2n) is 5.08. The molecule has 18 heavy (non-hydrogen) atoms. The molecular weight excluding hydrogens is 224 g/mol. The van der Waals surface area contributed by atoms with Gasteiger partial charge in [-0.2, -0.15) is 5.26 Å². The second-order valence-corrected chi connectivity index (χ2v) is 5.08. The van der Waals surface area contributed by atoms with Crippen LogP contribution in [0.2, 0.25) is 0 Å². The molecule has 1 aromatic carbocycles.